The predicted molar refractivity (Wildman–Crippen MR) is 82.6 cm³/mol. The lowest BCUT2D eigenvalue weighted by molar-refractivity contribution is -0.145. The third kappa shape index (κ3) is 3.35. The minimum Gasteiger partial charge on any atom is -0.392 e. The molecule has 0 bridgehead atoms. The molecule has 20 heavy (non-hydrogen) atoms. The summed E-state index contributed by atoms with van der Waals surface area (Å²) in [5, 5.41) is 0. The van der Waals surface area contributed by atoms with Gasteiger partial charge in [-0.2, -0.15) is 0 Å². The monoisotopic (exact) mass is 292 g/mol. The normalized spacial score (nSPS) is 19.4. The minimum absolute atomic E-state index is 0.0416. The first-order valence-electron chi connectivity index (χ1n) is 6.68. The van der Waals surface area contributed by atoms with Crippen LogP contribution in [0.15, 0.2) is 30.3 Å². The van der Waals surface area contributed by atoms with Crippen molar-refractivity contribution in [1.29, 1.82) is 0 Å². The summed E-state index contributed by atoms with van der Waals surface area (Å²) in [5.41, 5.74) is 6.31. The maximum Gasteiger partial charge on any atom is 0.237 e. The Balaban J connectivity index is 2.22. The molecule has 0 aromatic heterocycles. The molecule has 0 saturated carbocycles. The third-order valence-electron chi connectivity index (χ3n) is 3.40. The number of ether oxygens (including phenoxy) is 1. The van der Waals surface area contributed by atoms with Gasteiger partial charge in [-0.25, -0.2) is 0 Å². The van der Waals surface area contributed by atoms with E-state index in [-0.39, 0.29) is 16.5 Å². The molecule has 1 amide bonds. The number of thiocarbonyl (C=S) groups is 1. The van der Waals surface area contributed by atoms with Crippen LogP contribution in [-0.2, 0) is 9.53 Å². The quantitative estimate of drug-likeness (QED) is 0.862. The highest BCUT2D eigenvalue weighted by Crippen LogP contribution is 2.23. The van der Waals surface area contributed by atoms with Crippen LogP contribution in [0.1, 0.15) is 25.3 Å². The van der Waals surface area contributed by atoms with Crippen LogP contribution in [0, 0.1) is 0 Å². The van der Waals surface area contributed by atoms with Crippen molar-refractivity contribution in [3.63, 3.8) is 0 Å². The largest absolute Gasteiger partial charge is 0.392 e. The van der Waals surface area contributed by atoms with Gasteiger partial charge in [0.25, 0.3) is 0 Å². The van der Waals surface area contributed by atoms with E-state index in [1.807, 2.05) is 44.2 Å². The standard InChI is InChI=1S/C15H20N2O2S/c1-15(2)10-17(8-9-19-15)14(18)12(13(16)20)11-6-4-3-5-7-11/h3-7,12H,8-10H2,1-2H3,(H2,16,20). The molecule has 2 rings (SSSR count). The Kier molecular flexibility index (Phi) is 4.40. The fourth-order valence-electron chi connectivity index (χ4n) is 2.46. The van der Waals surface area contributed by atoms with Crippen molar-refractivity contribution in [2.45, 2.75) is 25.4 Å². The van der Waals surface area contributed by atoms with Gasteiger partial charge in [-0.1, -0.05) is 42.5 Å². The van der Waals surface area contributed by atoms with E-state index in [9.17, 15) is 4.79 Å². The number of nitrogens with two attached hydrogens (primary N) is 1. The molecule has 1 aliphatic heterocycles. The first kappa shape index (κ1) is 14.9. The molecule has 0 spiro atoms. The lowest BCUT2D eigenvalue weighted by Gasteiger charge is -2.39. The number of amides is 1. The summed E-state index contributed by atoms with van der Waals surface area (Å²) in [4.78, 5) is 14.7. The van der Waals surface area contributed by atoms with Gasteiger partial charge in [0.05, 0.1) is 17.2 Å². The number of hydrogen-bond donors (Lipinski definition) is 1. The van der Waals surface area contributed by atoms with Crippen LogP contribution < -0.4 is 5.73 Å². The van der Waals surface area contributed by atoms with Crippen LogP contribution in [0.25, 0.3) is 0 Å². The highest BCUT2D eigenvalue weighted by molar-refractivity contribution is 7.80. The Morgan fingerprint density at radius 1 is 1.40 bits per heavy atom. The highest BCUT2D eigenvalue weighted by Gasteiger charge is 2.34. The molecule has 1 heterocycles. The number of morpholine rings is 1. The fourth-order valence-corrected chi connectivity index (χ4v) is 2.70. The molecule has 108 valence electrons. The van der Waals surface area contributed by atoms with Gasteiger partial charge >= 0.3 is 0 Å². The molecule has 1 atom stereocenters. The Bertz CT molecular complexity index is 502. The molecule has 4 nitrogen and oxygen atoms in total. The number of benzene rings is 1. The number of carbonyl (C=O) groups excluding carboxylic acids is 1. The Morgan fingerprint density at radius 3 is 2.60 bits per heavy atom. The van der Waals surface area contributed by atoms with E-state index in [2.05, 4.69) is 0 Å². The fraction of sp³-hybridized carbons (Fsp3) is 0.467. The van der Waals surface area contributed by atoms with Crippen molar-refractivity contribution in [3.8, 4) is 0 Å². The van der Waals surface area contributed by atoms with E-state index >= 15 is 0 Å². The van der Waals surface area contributed by atoms with Gasteiger partial charge < -0.3 is 15.4 Å². The number of nitrogens with zero attached hydrogens (tertiary/aromatic N) is 1. The van der Waals surface area contributed by atoms with Crippen molar-refractivity contribution < 1.29 is 9.53 Å². The van der Waals surface area contributed by atoms with Crippen molar-refractivity contribution in [2.24, 2.45) is 5.73 Å². The molecule has 1 aliphatic rings. The third-order valence-corrected chi connectivity index (χ3v) is 3.64. The van der Waals surface area contributed by atoms with E-state index in [0.717, 1.165) is 5.56 Å². The lowest BCUT2D eigenvalue weighted by Crippen LogP contribution is -2.52. The van der Waals surface area contributed by atoms with Gasteiger partial charge in [0.15, 0.2) is 0 Å². The van der Waals surface area contributed by atoms with Gasteiger partial charge in [-0.05, 0) is 19.4 Å². The van der Waals surface area contributed by atoms with E-state index in [1.165, 1.54) is 0 Å². The average molecular weight is 292 g/mol. The van der Waals surface area contributed by atoms with E-state index in [4.69, 9.17) is 22.7 Å². The second-order valence-electron chi connectivity index (χ2n) is 5.61. The summed E-state index contributed by atoms with van der Waals surface area (Å²) in [6.45, 7) is 5.62. The van der Waals surface area contributed by atoms with E-state index < -0.39 is 5.92 Å². The molecule has 2 N–H and O–H groups in total. The van der Waals surface area contributed by atoms with Gasteiger partial charge in [-0.15, -0.1) is 0 Å². The smallest absolute Gasteiger partial charge is 0.237 e. The highest BCUT2D eigenvalue weighted by atomic mass is 32.1. The molecular formula is C15H20N2O2S. The van der Waals surface area contributed by atoms with Crippen molar-refractivity contribution in [1.82, 2.24) is 4.90 Å². The van der Waals surface area contributed by atoms with Crippen LogP contribution in [0.2, 0.25) is 0 Å². The van der Waals surface area contributed by atoms with Gasteiger partial charge in [0.1, 0.15) is 5.92 Å². The van der Waals surface area contributed by atoms with Gasteiger partial charge in [0.2, 0.25) is 5.91 Å². The molecule has 1 unspecified atom stereocenters. The molecule has 0 aliphatic carbocycles. The van der Waals surface area contributed by atoms with Crippen LogP contribution in [-0.4, -0.2) is 41.1 Å². The van der Waals surface area contributed by atoms with Crippen LogP contribution in [0.3, 0.4) is 0 Å². The van der Waals surface area contributed by atoms with Crippen molar-refractivity contribution >= 4 is 23.1 Å². The summed E-state index contributed by atoms with van der Waals surface area (Å²) >= 11 is 5.10. The van der Waals surface area contributed by atoms with Crippen molar-refractivity contribution in [2.75, 3.05) is 19.7 Å². The number of hydrogen-bond acceptors (Lipinski definition) is 3. The Hall–Kier alpha value is -1.46. The van der Waals surface area contributed by atoms with Crippen molar-refractivity contribution in [3.05, 3.63) is 35.9 Å². The maximum absolute atomic E-state index is 12.7. The number of rotatable bonds is 3. The van der Waals surface area contributed by atoms with E-state index in [0.29, 0.717) is 19.7 Å². The average Bonchev–Trinajstić information content (AvgIpc) is 2.38. The van der Waals surface area contributed by atoms with Crippen LogP contribution in [0.4, 0.5) is 0 Å². The van der Waals surface area contributed by atoms with Gasteiger partial charge in [0, 0.05) is 13.1 Å². The van der Waals surface area contributed by atoms with Crippen LogP contribution in [0.5, 0.6) is 0 Å². The zero-order valence-corrected chi connectivity index (χ0v) is 12.7. The summed E-state index contributed by atoms with van der Waals surface area (Å²) in [6, 6.07) is 9.44. The topological polar surface area (TPSA) is 55.6 Å². The minimum atomic E-state index is -0.555. The molecule has 1 aromatic rings. The number of carbonyl (C=O) groups is 1. The SMILES string of the molecule is CC1(C)CN(C(=O)C(C(N)=S)c2ccccc2)CCO1. The maximum atomic E-state index is 12.7. The molecule has 1 fully saturated rings. The predicted octanol–water partition coefficient (Wildman–Crippen LogP) is 1.69. The first-order valence-corrected chi connectivity index (χ1v) is 7.08. The van der Waals surface area contributed by atoms with E-state index in [1.54, 1.807) is 4.90 Å². The Labute approximate surface area is 124 Å². The molecule has 1 saturated heterocycles. The van der Waals surface area contributed by atoms with Gasteiger partial charge in [-0.3, -0.25) is 4.79 Å². The molecule has 5 heteroatoms. The summed E-state index contributed by atoms with van der Waals surface area (Å²) in [5.74, 6) is -0.597. The Morgan fingerprint density at radius 2 is 2.05 bits per heavy atom. The summed E-state index contributed by atoms with van der Waals surface area (Å²) in [6.07, 6.45) is 0. The molecular weight excluding hydrogens is 272 g/mol. The molecule has 0 radical (unpaired) electrons. The lowest BCUT2D eigenvalue weighted by atomic mass is 9.96. The summed E-state index contributed by atoms with van der Waals surface area (Å²) in [7, 11) is 0. The summed E-state index contributed by atoms with van der Waals surface area (Å²) < 4.78 is 5.63. The molecule has 1 aromatic carbocycles. The van der Waals surface area contributed by atoms with Crippen LogP contribution >= 0.6 is 12.2 Å². The zero-order chi connectivity index (χ0) is 14.8. The first-order chi connectivity index (χ1) is 9.41. The second-order valence-corrected chi connectivity index (χ2v) is 6.09. The second kappa shape index (κ2) is 5.89. The zero-order valence-electron chi connectivity index (χ0n) is 11.8.